The van der Waals surface area contributed by atoms with Gasteiger partial charge >= 0.3 is 0 Å². The zero-order chi connectivity index (χ0) is 23.6. The Balaban J connectivity index is 1.43. The van der Waals surface area contributed by atoms with Gasteiger partial charge in [0.1, 0.15) is 6.33 Å². The molecule has 4 rings (SSSR count). The molecular weight excluding hydrogens is 420 g/mol. The molecule has 0 fully saturated rings. The highest BCUT2D eigenvalue weighted by atomic mass is 16.5. The summed E-state index contributed by atoms with van der Waals surface area (Å²) in [7, 11) is 1.84. The number of Topliss-reactive ketones (excluding diaryl/α,β-unsaturated/α-hetero) is 1. The molecule has 0 amide bonds. The maximum absolute atomic E-state index is 12.5. The summed E-state index contributed by atoms with van der Waals surface area (Å²) in [4.78, 5) is 29.7. The molecule has 3 aromatic heterocycles. The van der Waals surface area contributed by atoms with Crippen molar-refractivity contribution in [1.82, 2.24) is 34.9 Å². The van der Waals surface area contributed by atoms with Crippen LogP contribution >= 0.6 is 0 Å². The van der Waals surface area contributed by atoms with E-state index in [-0.39, 0.29) is 23.5 Å². The van der Waals surface area contributed by atoms with Gasteiger partial charge < -0.3 is 9.84 Å². The van der Waals surface area contributed by atoms with E-state index in [1.165, 1.54) is 6.33 Å². The molecule has 0 aliphatic carbocycles. The summed E-state index contributed by atoms with van der Waals surface area (Å²) in [5, 5.41) is 11.3. The van der Waals surface area contributed by atoms with E-state index in [4.69, 9.17) is 4.52 Å². The van der Waals surface area contributed by atoms with Gasteiger partial charge in [-0.15, -0.1) is 0 Å². The molecule has 0 aliphatic heterocycles. The zero-order valence-corrected chi connectivity index (χ0v) is 19.3. The molecule has 0 atom stereocenters. The van der Waals surface area contributed by atoms with Crippen molar-refractivity contribution in [3.63, 3.8) is 0 Å². The summed E-state index contributed by atoms with van der Waals surface area (Å²) in [6.45, 7) is 7.92. The third-order valence-corrected chi connectivity index (χ3v) is 5.08. The molecule has 10 nitrogen and oxygen atoms in total. The summed E-state index contributed by atoms with van der Waals surface area (Å²) >= 11 is 0. The number of ketones is 1. The Hall–Kier alpha value is -3.95. The molecule has 3 heterocycles. The second-order valence-corrected chi connectivity index (χ2v) is 8.87. The topological polar surface area (TPSA) is 125 Å². The second kappa shape index (κ2) is 8.89. The fourth-order valence-corrected chi connectivity index (χ4v) is 3.20. The van der Waals surface area contributed by atoms with E-state index >= 15 is 0 Å². The van der Waals surface area contributed by atoms with Crippen LogP contribution in [0.1, 0.15) is 54.8 Å². The van der Waals surface area contributed by atoms with Crippen molar-refractivity contribution < 1.29 is 9.32 Å². The summed E-state index contributed by atoms with van der Waals surface area (Å²) in [6, 6.07) is 7.77. The van der Waals surface area contributed by atoms with E-state index in [1.807, 2.05) is 65.2 Å². The molecule has 170 valence electrons. The van der Waals surface area contributed by atoms with E-state index in [0.29, 0.717) is 29.8 Å². The van der Waals surface area contributed by atoms with E-state index in [1.54, 1.807) is 4.68 Å². The summed E-state index contributed by atoms with van der Waals surface area (Å²) < 4.78 is 6.85. The molecule has 0 bridgehead atoms. The van der Waals surface area contributed by atoms with Crippen molar-refractivity contribution in [1.29, 1.82) is 0 Å². The smallest absolute Gasteiger partial charge is 0.294 e. The first kappa shape index (κ1) is 22.3. The molecule has 33 heavy (non-hydrogen) atoms. The number of carbonyl (C=O) groups is 1. The lowest BCUT2D eigenvalue weighted by atomic mass is 9.96. The first-order valence-corrected chi connectivity index (χ1v) is 10.6. The quantitative estimate of drug-likeness (QED) is 0.422. The van der Waals surface area contributed by atoms with Crippen LogP contribution in [0.5, 0.6) is 0 Å². The standard InChI is InChI=1S/C23H26N8O2/c1-14-12-16(19-24-13-25-22(27-19)26-18-10-11-31(5)29-18)7-6-15(14)8-9-17(32)20-28-21(30-33-20)23(2,3)4/h6-7,10-13H,8-9H2,1-5H3,(H,24,25,26,27,29). The monoisotopic (exact) mass is 446 g/mol. The number of aromatic nitrogens is 7. The van der Waals surface area contributed by atoms with Gasteiger partial charge in [0.15, 0.2) is 17.5 Å². The van der Waals surface area contributed by atoms with Crippen LogP contribution in [0.25, 0.3) is 11.4 Å². The van der Waals surface area contributed by atoms with Crippen LogP contribution in [-0.4, -0.2) is 40.7 Å². The first-order chi connectivity index (χ1) is 15.7. The van der Waals surface area contributed by atoms with Crippen molar-refractivity contribution in [2.45, 2.75) is 46.0 Å². The van der Waals surface area contributed by atoms with Gasteiger partial charge in [0.2, 0.25) is 11.7 Å². The maximum atomic E-state index is 12.5. The lowest BCUT2D eigenvalue weighted by Gasteiger charge is -2.10. The Labute approximate surface area is 191 Å². The number of carbonyl (C=O) groups excluding carboxylic acids is 1. The Kier molecular flexibility index (Phi) is 5.99. The summed E-state index contributed by atoms with van der Waals surface area (Å²) in [5.74, 6) is 2.05. The number of rotatable bonds is 7. The number of hydrogen-bond acceptors (Lipinski definition) is 9. The van der Waals surface area contributed by atoms with E-state index in [9.17, 15) is 4.79 Å². The Morgan fingerprint density at radius 3 is 2.64 bits per heavy atom. The molecule has 0 saturated carbocycles. The van der Waals surface area contributed by atoms with Crippen LogP contribution < -0.4 is 5.32 Å². The van der Waals surface area contributed by atoms with Gasteiger partial charge in [0.05, 0.1) is 0 Å². The largest absolute Gasteiger partial charge is 0.331 e. The molecule has 0 unspecified atom stereocenters. The SMILES string of the molecule is Cc1cc(-c2ncnc(Nc3ccn(C)n3)n2)ccc1CCC(=O)c1nc(C(C)(C)C)no1. The molecule has 0 radical (unpaired) electrons. The number of benzene rings is 1. The van der Waals surface area contributed by atoms with Crippen LogP contribution in [-0.2, 0) is 18.9 Å². The Morgan fingerprint density at radius 1 is 1.15 bits per heavy atom. The molecular formula is C23H26N8O2. The summed E-state index contributed by atoms with van der Waals surface area (Å²) in [6.07, 6.45) is 4.16. The van der Waals surface area contributed by atoms with Crippen LogP contribution in [0, 0.1) is 6.92 Å². The van der Waals surface area contributed by atoms with Gasteiger partial charge in [-0.05, 0) is 30.5 Å². The number of nitrogens with one attached hydrogen (secondary N) is 1. The van der Waals surface area contributed by atoms with Crippen molar-refractivity contribution in [2.75, 3.05) is 5.32 Å². The number of aryl methyl sites for hydroxylation is 3. The van der Waals surface area contributed by atoms with E-state index in [0.717, 1.165) is 16.7 Å². The average Bonchev–Trinajstić information content (AvgIpc) is 3.42. The van der Waals surface area contributed by atoms with Crippen LogP contribution in [0.15, 0.2) is 41.3 Å². The molecule has 10 heteroatoms. The summed E-state index contributed by atoms with van der Waals surface area (Å²) in [5.41, 5.74) is 2.70. The molecule has 1 aromatic carbocycles. The Bertz CT molecular complexity index is 1290. The van der Waals surface area contributed by atoms with Gasteiger partial charge in [-0.1, -0.05) is 38.1 Å². The fourth-order valence-electron chi connectivity index (χ4n) is 3.20. The third-order valence-electron chi connectivity index (χ3n) is 5.08. The van der Waals surface area contributed by atoms with Crippen molar-refractivity contribution in [3.8, 4) is 11.4 Å². The number of anilines is 2. The van der Waals surface area contributed by atoms with Crippen molar-refractivity contribution in [3.05, 3.63) is 59.6 Å². The lowest BCUT2D eigenvalue weighted by molar-refractivity contribution is 0.0940. The van der Waals surface area contributed by atoms with E-state index < -0.39 is 0 Å². The fraction of sp³-hybridized carbons (Fsp3) is 0.348. The zero-order valence-electron chi connectivity index (χ0n) is 19.3. The normalized spacial score (nSPS) is 11.5. The highest BCUT2D eigenvalue weighted by molar-refractivity contribution is 5.91. The van der Waals surface area contributed by atoms with Gasteiger partial charge in [0, 0.05) is 36.7 Å². The van der Waals surface area contributed by atoms with Gasteiger partial charge in [-0.3, -0.25) is 9.48 Å². The molecule has 1 N–H and O–H groups in total. The van der Waals surface area contributed by atoms with Gasteiger partial charge in [0.25, 0.3) is 5.89 Å². The molecule has 0 saturated heterocycles. The minimum absolute atomic E-state index is 0.0623. The highest BCUT2D eigenvalue weighted by Crippen LogP contribution is 2.22. The lowest BCUT2D eigenvalue weighted by Crippen LogP contribution is -2.13. The van der Waals surface area contributed by atoms with Crippen LogP contribution in [0.3, 0.4) is 0 Å². The maximum Gasteiger partial charge on any atom is 0.294 e. The van der Waals surface area contributed by atoms with Gasteiger partial charge in [-0.25, -0.2) is 9.97 Å². The predicted molar refractivity (Wildman–Crippen MR) is 122 cm³/mol. The predicted octanol–water partition coefficient (Wildman–Crippen LogP) is 3.82. The minimum Gasteiger partial charge on any atom is -0.331 e. The first-order valence-electron chi connectivity index (χ1n) is 10.6. The Morgan fingerprint density at radius 2 is 1.97 bits per heavy atom. The average molecular weight is 447 g/mol. The van der Waals surface area contributed by atoms with Gasteiger partial charge in [-0.2, -0.15) is 15.1 Å². The molecule has 4 aromatic rings. The van der Waals surface area contributed by atoms with Crippen molar-refractivity contribution >= 4 is 17.5 Å². The van der Waals surface area contributed by atoms with Crippen LogP contribution in [0.4, 0.5) is 11.8 Å². The van der Waals surface area contributed by atoms with Crippen LogP contribution in [0.2, 0.25) is 0 Å². The molecule has 0 aliphatic rings. The second-order valence-electron chi connectivity index (χ2n) is 8.87. The number of nitrogens with zero attached hydrogens (tertiary/aromatic N) is 7. The minimum atomic E-state index is -0.267. The highest BCUT2D eigenvalue weighted by Gasteiger charge is 2.23. The number of hydrogen-bond donors (Lipinski definition) is 1. The van der Waals surface area contributed by atoms with Crippen molar-refractivity contribution in [2.24, 2.45) is 7.05 Å². The van der Waals surface area contributed by atoms with E-state index in [2.05, 4.69) is 35.5 Å². The molecule has 0 spiro atoms. The third kappa shape index (κ3) is 5.28.